The Bertz CT molecular complexity index is 3360. The van der Waals surface area contributed by atoms with Crippen LogP contribution >= 0.6 is 0 Å². The monoisotopic (exact) mass is 1530 g/mol. The van der Waals surface area contributed by atoms with Gasteiger partial charge in [0.15, 0.2) is 5.96 Å². The molecule has 2 rings (SSSR count). The molecule has 0 aromatic heterocycles. The van der Waals surface area contributed by atoms with E-state index in [1.165, 1.54) is 24.3 Å². The van der Waals surface area contributed by atoms with Crippen molar-refractivity contribution >= 4 is 112 Å². The van der Waals surface area contributed by atoms with E-state index in [0.717, 1.165) is 13.3 Å². The van der Waals surface area contributed by atoms with Gasteiger partial charge in [-0.3, -0.25) is 91.3 Å². The van der Waals surface area contributed by atoms with Crippen molar-refractivity contribution < 1.29 is 107 Å². The summed E-state index contributed by atoms with van der Waals surface area (Å²) in [5.74, 6) is -21.0. The summed E-state index contributed by atoms with van der Waals surface area (Å²) in [6, 6.07) is -13.1. The minimum absolute atomic E-state index is 0.0555. The summed E-state index contributed by atoms with van der Waals surface area (Å²) in [6.07, 6.45) is -3.83. The van der Waals surface area contributed by atoms with Gasteiger partial charge in [0, 0.05) is 25.8 Å². The summed E-state index contributed by atoms with van der Waals surface area (Å²) in [7, 11) is 0. The molecule has 1 saturated heterocycles. The van der Waals surface area contributed by atoms with Gasteiger partial charge in [-0.05, 0) is 107 Å². The quantitative estimate of drug-likeness (QED) is 0.0164. The van der Waals surface area contributed by atoms with Crippen molar-refractivity contribution in [2.75, 3.05) is 32.8 Å². The molecule has 42 nitrogen and oxygen atoms in total. The van der Waals surface area contributed by atoms with Gasteiger partial charge in [-0.15, -0.1) is 0 Å². The molecular formula is C66H106N20O22. The minimum atomic E-state index is -1.90. The number of benzene rings is 1. The first kappa shape index (κ1) is 92.8. The maximum absolute atomic E-state index is 14.2. The van der Waals surface area contributed by atoms with Gasteiger partial charge >= 0.3 is 11.9 Å². The smallest absolute Gasteiger partial charge is 0.303 e. The summed E-state index contributed by atoms with van der Waals surface area (Å²) in [4.78, 5) is 242. The molecule has 0 saturated carbocycles. The number of aliphatic carboxylic acids is 2. The van der Waals surface area contributed by atoms with Gasteiger partial charge in [-0.2, -0.15) is 0 Å². The number of carboxylic acids is 2. The van der Waals surface area contributed by atoms with Crippen molar-refractivity contribution in [1.82, 2.24) is 74.4 Å². The minimum Gasteiger partial charge on any atom is -0.508 e. The van der Waals surface area contributed by atoms with Crippen molar-refractivity contribution in [1.29, 1.82) is 0 Å². The third-order valence-corrected chi connectivity index (χ3v) is 16.1. The molecule has 28 N–H and O–H groups in total. The molecule has 1 aliphatic rings. The van der Waals surface area contributed by atoms with Crippen LogP contribution in [0.15, 0.2) is 29.3 Å². The standard InChI is InChI=1S/C66H106N20O22/c1-31(2)22-41(82-58(101)38-11-9-20-72-38)56(99)74-29-51(92)78-46(27-49(68)90)64(107)84-42(23-32(3)4)61(104)76-34(7)55(98)80-39(16-18-52(93)94)59(102)81-40(17-19-53(95)96)60(103)83-43(24-33(5)6)62(105)85-45(26-48(67)89)57(100)75-28-50(91)77-44(25-35-12-14-36(88)15-13-35)63(106)86-47(30-87)65(108)79-37(54(69)97)10-8-21-73-66(70)71/h12-15,31-34,37-47,72,87-88H,8-11,16-30H2,1-7H3,(H2,67,89)(H2,68,90)(H2,69,97)(H,74,99)(H,75,100)(H,76,104)(H,77,91)(H,78,92)(H,79,108)(H,80,98)(H,81,102)(H,82,101)(H,83,103)(H,84,107)(H,85,105)(H,86,106)(H,93,94)(H,95,96)(H4,70,71,73)/t34-,37-,38-,39-,40-,41-,42-,43-,44-,45-,46-,47-/m0/s1. The second-order valence-corrected chi connectivity index (χ2v) is 27.0. The molecule has 602 valence electrons. The third-order valence-electron chi connectivity index (χ3n) is 16.1. The lowest BCUT2D eigenvalue weighted by molar-refractivity contribution is -0.140. The zero-order chi connectivity index (χ0) is 81.7. The van der Waals surface area contributed by atoms with E-state index < -0.39 is 243 Å². The number of nitrogens with two attached hydrogens (primary N) is 5. The van der Waals surface area contributed by atoms with Gasteiger partial charge < -0.3 is 124 Å². The van der Waals surface area contributed by atoms with E-state index in [2.05, 4.69) is 79.4 Å². The maximum Gasteiger partial charge on any atom is 0.303 e. The van der Waals surface area contributed by atoms with Crippen LogP contribution < -0.4 is 103 Å². The van der Waals surface area contributed by atoms with Crippen LogP contribution in [0.25, 0.3) is 0 Å². The van der Waals surface area contributed by atoms with Gasteiger partial charge in [0.2, 0.25) is 94.5 Å². The van der Waals surface area contributed by atoms with Crippen molar-refractivity contribution in [2.45, 2.75) is 211 Å². The van der Waals surface area contributed by atoms with Crippen LogP contribution in [0, 0.1) is 17.8 Å². The second kappa shape index (κ2) is 47.3. The molecule has 108 heavy (non-hydrogen) atoms. The zero-order valence-corrected chi connectivity index (χ0v) is 61.4. The number of nitrogens with zero attached hydrogens (tertiary/aromatic N) is 1. The van der Waals surface area contributed by atoms with Gasteiger partial charge in [-0.25, -0.2) is 0 Å². The average Bonchev–Trinajstić information content (AvgIpc) is 1.02. The van der Waals surface area contributed by atoms with Crippen molar-refractivity contribution in [2.24, 2.45) is 51.4 Å². The normalized spacial score (nSPS) is 15.5. The number of aliphatic imine (C=N–C) groups is 1. The number of carboxylic acid groups (broad SMARTS) is 2. The number of guanidine groups is 1. The number of phenols is 1. The van der Waals surface area contributed by atoms with Gasteiger partial charge in [-0.1, -0.05) is 53.7 Å². The highest BCUT2D eigenvalue weighted by molar-refractivity contribution is 6.01. The van der Waals surface area contributed by atoms with Crippen LogP contribution in [0.1, 0.15) is 138 Å². The SMILES string of the molecule is CC(C)C[C@H](NC(=O)[C@@H]1CCCN1)C(=O)NCC(=O)N[C@@H](CC(N)=O)C(=O)N[C@@H](CC(C)C)C(=O)N[C@@H](C)C(=O)N[C@@H](CCC(=O)O)C(=O)N[C@@H](CCC(=O)O)C(=O)N[C@@H](CC(C)C)C(=O)N[C@@H](CC(N)=O)C(=O)NCC(=O)N[C@@H](Cc1ccc(O)cc1)C(=O)N[C@@H](CO)C(=O)N[C@@H](CCCN=C(N)N)C(N)=O. The molecule has 0 unspecified atom stereocenters. The summed E-state index contributed by atoms with van der Waals surface area (Å²) < 4.78 is 0. The van der Waals surface area contributed by atoms with E-state index in [-0.39, 0.29) is 68.6 Å². The summed E-state index contributed by atoms with van der Waals surface area (Å²) >= 11 is 0. The Kier molecular flexibility index (Phi) is 40.6. The molecule has 42 heteroatoms. The van der Waals surface area contributed by atoms with E-state index in [4.69, 9.17) is 28.7 Å². The van der Waals surface area contributed by atoms with E-state index in [1.807, 2.05) is 13.8 Å². The highest BCUT2D eigenvalue weighted by atomic mass is 16.4. The molecule has 0 bridgehead atoms. The fourth-order valence-corrected chi connectivity index (χ4v) is 10.6. The van der Waals surface area contributed by atoms with Gasteiger partial charge in [0.1, 0.15) is 72.2 Å². The molecule has 0 radical (unpaired) electrons. The second-order valence-electron chi connectivity index (χ2n) is 27.0. The Morgan fingerprint density at radius 3 is 1.30 bits per heavy atom. The molecule has 1 aliphatic heterocycles. The highest BCUT2D eigenvalue weighted by Crippen LogP contribution is 2.15. The van der Waals surface area contributed by atoms with Crippen LogP contribution in [-0.2, 0) is 92.7 Å². The zero-order valence-electron chi connectivity index (χ0n) is 61.4. The molecular weight excluding hydrogens is 1420 g/mol. The Hall–Kier alpha value is -11.3. The molecule has 0 spiro atoms. The van der Waals surface area contributed by atoms with E-state index in [0.29, 0.717) is 18.5 Å². The van der Waals surface area contributed by atoms with Crippen LogP contribution in [0.3, 0.4) is 0 Å². The number of amides is 16. The van der Waals surface area contributed by atoms with Crippen molar-refractivity contribution in [3.05, 3.63) is 29.8 Å². The average molecular weight is 1530 g/mol. The Morgan fingerprint density at radius 1 is 0.463 bits per heavy atom. The number of hydrogen-bond donors (Lipinski definition) is 23. The number of hydrogen-bond acceptors (Lipinski definition) is 22. The molecule has 0 aliphatic carbocycles. The molecule has 12 atom stereocenters. The van der Waals surface area contributed by atoms with E-state index in [1.54, 1.807) is 27.7 Å². The van der Waals surface area contributed by atoms with E-state index in [9.17, 15) is 107 Å². The number of primary amides is 3. The van der Waals surface area contributed by atoms with Crippen LogP contribution in [0.4, 0.5) is 0 Å². The van der Waals surface area contributed by atoms with Crippen molar-refractivity contribution in [3.8, 4) is 5.75 Å². The molecule has 1 fully saturated rings. The molecule has 16 amide bonds. The predicted octanol–water partition coefficient (Wildman–Crippen LogP) is -8.58. The Labute approximate surface area is 622 Å². The first-order chi connectivity index (χ1) is 50.6. The first-order valence-corrected chi connectivity index (χ1v) is 34.9. The Morgan fingerprint density at radius 2 is 0.852 bits per heavy atom. The van der Waals surface area contributed by atoms with Crippen molar-refractivity contribution in [3.63, 3.8) is 0 Å². The number of carbonyl (C=O) groups is 18. The predicted molar refractivity (Wildman–Crippen MR) is 382 cm³/mol. The maximum atomic E-state index is 14.2. The fraction of sp³-hybridized carbons (Fsp3) is 0.621. The number of aliphatic hydroxyl groups is 1. The molecule has 1 heterocycles. The molecule has 1 aromatic rings. The van der Waals surface area contributed by atoms with Gasteiger partial charge in [0.05, 0.1) is 38.6 Å². The largest absolute Gasteiger partial charge is 0.508 e. The summed E-state index contributed by atoms with van der Waals surface area (Å²) in [5.41, 5.74) is 27.3. The fourth-order valence-electron chi connectivity index (χ4n) is 10.6. The number of phenolic OH excluding ortho intramolecular Hbond substituents is 1. The number of rotatable bonds is 50. The van der Waals surface area contributed by atoms with Gasteiger partial charge in [0.25, 0.3) is 0 Å². The number of aliphatic hydroxyl groups excluding tert-OH is 1. The lowest BCUT2D eigenvalue weighted by Gasteiger charge is -2.27. The van der Waals surface area contributed by atoms with Crippen LogP contribution in [0.2, 0.25) is 0 Å². The lowest BCUT2D eigenvalue weighted by Crippen LogP contribution is -2.60. The van der Waals surface area contributed by atoms with E-state index >= 15 is 0 Å². The lowest BCUT2D eigenvalue weighted by atomic mass is 10.0. The van der Waals surface area contributed by atoms with Crippen LogP contribution in [-0.4, -0.2) is 238 Å². The topological polar surface area (TPSA) is 699 Å². The summed E-state index contributed by atoms with van der Waals surface area (Å²) in [5, 5.41) is 72.9. The first-order valence-electron chi connectivity index (χ1n) is 34.9. The Balaban J connectivity index is 2.33. The summed E-state index contributed by atoms with van der Waals surface area (Å²) in [6.45, 7) is 9.22. The number of aromatic hydroxyl groups is 1. The third kappa shape index (κ3) is 36.6. The molecule has 1 aromatic carbocycles. The highest BCUT2D eigenvalue weighted by Gasteiger charge is 2.37. The van der Waals surface area contributed by atoms with Crippen LogP contribution in [0.5, 0.6) is 5.75 Å². The number of carbonyl (C=O) groups excluding carboxylic acids is 16. The number of nitrogens with one attached hydrogen (secondary N) is 14.